The Kier molecular flexibility index (Phi) is 3.78. The number of rotatable bonds is 3. The largest absolute Gasteiger partial charge is 0.339 e. The summed E-state index contributed by atoms with van der Waals surface area (Å²) in [7, 11) is 0. The molecule has 1 aliphatic rings. The maximum absolute atomic E-state index is 5.39. The van der Waals surface area contributed by atoms with Gasteiger partial charge in [-0.3, -0.25) is 4.98 Å². The number of piperidine rings is 1. The molecular weight excluding hydrogens is 252 g/mol. The average molecular weight is 272 g/mol. The lowest BCUT2D eigenvalue weighted by Gasteiger charge is -2.20. The number of aromatic nitrogens is 3. The van der Waals surface area contributed by atoms with Crippen molar-refractivity contribution in [2.75, 3.05) is 13.1 Å². The van der Waals surface area contributed by atoms with Gasteiger partial charge in [-0.25, -0.2) is 0 Å². The molecule has 1 saturated heterocycles. The number of nitrogens with zero attached hydrogens (tertiary/aromatic N) is 3. The van der Waals surface area contributed by atoms with Crippen LogP contribution in [0.1, 0.15) is 30.1 Å². The van der Waals surface area contributed by atoms with Gasteiger partial charge in [0.05, 0.1) is 0 Å². The van der Waals surface area contributed by atoms with Gasteiger partial charge in [-0.2, -0.15) is 4.98 Å². The van der Waals surface area contributed by atoms with E-state index < -0.39 is 0 Å². The minimum Gasteiger partial charge on any atom is -0.339 e. The van der Waals surface area contributed by atoms with Gasteiger partial charge >= 0.3 is 0 Å². The molecule has 1 unspecified atom stereocenters. The van der Waals surface area contributed by atoms with E-state index in [9.17, 15) is 0 Å². The maximum Gasteiger partial charge on any atom is 0.227 e. The van der Waals surface area contributed by atoms with E-state index in [1.807, 2.05) is 26.0 Å². The van der Waals surface area contributed by atoms with Crippen molar-refractivity contribution in [1.29, 1.82) is 0 Å². The summed E-state index contributed by atoms with van der Waals surface area (Å²) in [5.74, 6) is 2.01. The lowest BCUT2D eigenvalue weighted by atomic mass is 9.96. The first kappa shape index (κ1) is 13.2. The van der Waals surface area contributed by atoms with E-state index >= 15 is 0 Å². The van der Waals surface area contributed by atoms with Crippen molar-refractivity contribution in [3.8, 4) is 11.4 Å². The first-order valence-corrected chi connectivity index (χ1v) is 7.19. The zero-order chi connectivity index (χ0) is 13.9. The highest BCUT2D eigenvalue weighted by atomic mass is 16.5. The number of nitrogens with one attached hydrogen (secondary N) is 1. The van der Waals surface area contributed by atoms with Gasteiger partial charge in [0.25, 0.3) is 0 Å². The van der Waals surface area contributed by atoms with Crippen LogP contribution >= 0.6 is 0 Å². The third-order valence-corrected chi connectivity index (χ3v) is 3.67. The highest BCUT2D eigenvalue weighted by molar-refractivity contribution is 5.55. The molecule has 0 saturated carbocycles. The van der Waals surface area contributed by atoms with Crippen LogP contribution < -0.4 is 5.32 Å². The average Bonchev–Trinajstić information content (AvgIpc) is 2.87. The Morgan fingerprint density at radius 2 is 2.05 bits per heavy atom. The third-order valence-electron chi connectivity index (χ3n) is 3.67. The molecule has 0 amide bonds. The van der Waals surface area contributed by atoms with Crippen molar-refractivity contribution in [2.24, 2.45) is 5.92 Å². The lowest BCUT2D eigenvalue weighted by Crippen LogP contribution is -2.30. The van der Waals surface area contributed by atoms with Crippen LogP contribution in [-0.4, -0.2) is 28.2 Å². The molecule has 3 heterocycles. The zero-order valence-corrected chi connectivity index (χ0v) is 12.0. The summed E-state index contributed by atoms with van der Waals surface area (Å²) in [5, 5.41) is 7.51. The molecule has 3 rings (SSSR count). The highest BCUT2D eigenvalue weighted by Crippen LogP contribution is 2.20. The fraction of sp³-hybridized carbons (Fsp3) is 0.533. The Hall–Kier alpha value is -1.75. The van der Waals surface area contributed by atoms with Gasteiger partial charge in [-0.05, 0) is 57.8 Å². The van der Waals surface area contributed by atoms with E-state index in [0.29, 0.717) is 11.7 Å². The van der Waals surface area contributed by atoms with Crippen molar-refractivity contribution >= 4 is 0 Å². The molecule has 0 aromatic carbocycles. The van der Waals surface area contributed by atoms with Crippen LogP contribution in [-0.2, 0) is 6.42 Å². The summed E-state index contributed by atoms with van der Waals surface area (Å²) < 4.78 is 5.39. The second-order valence-corrected chi connectivity index (χ2v) is 5.57. The fourth-order valence-corrected chi connectivity index (χ4v) is 2.76. The normalized spacial score (nSPS) is 19.2. The molecule has 5 heteroatoms. The van der Waals surface area contributed by atoms with Crippen molar-refractivity contribution in [1.82, 2.24) is 20.4 Å². The zero-order valence-electron chi connectivity index (χ0n) is 12.0. The second kappa shape index (κ2) is 5.71. The summed E-state index contributed by atoms with van der Waals surface area (Å²) in [6.07, 6.45) is 3.33. The Morgan fingerprint density at radius 1 is 1.25 bits per heavy atom. The minimum atomic E-state index is 0.609. The Bertz CT molecular complexity index is 567. The van der Waals surface area contributed by atoms with Gasteiger partial charge < -0.3 is 9.84 Å². The molecule has 0 bridgehead atoms. The SMILES string of the molecule is Cc1cc(-c2noc(CC3CCCNC3)n2)cc(C)n1. The van der Waals surface area contributed by atoms with E-state index in [4.69, 9.17) is 4.52 Å². The second-order valence-electron chi connectivity index (χ2n) is 5.57. The Balaban J connectivity index is 1.75. The first-order valence-electron chi connectivity index (χ1n) is 7.19. The van der Waals surface area contributed by atoms with Crippen LogP contribution in [0.15, 0.2) is 16.7 Å². The molecule has 106 valence electrons. The van der Waals surface area contributed by atoms with Crippen LogP contribution in [0.5, 0.6) is 0 Å². The van der Waals surface area contributed by atoms with Gasteiger partial charge in [0, 0.05) is 23.4 Å². The third kappa shape index (κ3) is 3.04. The van der Waals surface area contributed by atoms with E-state index in [2.05, 4.69) is 20.4 Å². The van der Waals surface area contributed by atoms with Gasteiger partial charge in [0.2, 0.25) is 11.7 Å². The molecule has 0 radical (unpaired) electrons. The molecule has 1 N–H and O–H groups in total. The number of hydrogen-bond acceptors (Lipinski definition) is 5. The summed E-state index contributed by atoms with van der Waals surface area (Å²) in [6, 6.07) is 3.98. The monoisotopic (exact) mass is 272 g/mol. The summed E-state index contributed by atoms with van der Waals surface area (Å²) in [4.78, 5) is 8.89. The highest BCUT2D eigenvalue weighted by Gasteiger charge is 2.17. The first-order chi connectivity index (χ1) is 9.70. The summed E-state index contributed by atoms with van der Waals surface area (Å²) >= 11 is 0. The predicted molar refractivity (Wildman–Crippen MR) is 76.3 cm³/mol. The molecule has 1 atom stereocenters. The number of pyridine rings is 1. The van der Waals surface area contributed by atoms with E-state index in [0.717, 1.165) is 42.4 Å². The number of aryl methyl sites for hydroxylation is 2. The Labute approximate surface area is 118 Å². The maximum atomic E-state index is 5.39. The topological polar surface area (TPSA) is 63.8 Å². The summed E-state index contributed by atoms with van der Waals surface area (Å²) in [6.45, 7) is 6.13. The van der Waals surface area contributed by atoms with Crippen LogP contribution in [0.4, 0.5) is 0 Å². The van der Waals surface area contributed by atoms with Gasteiger partial charge in [-0.15, -0.1) is 0 Å². The van der Waals surface area contributed by atoms with Gasteiger partial charge in [0.1, 0.15) is 0 Å². The van der Waals surface area contributed by atoms with E-state index in [1.165, 1.54) is 12.8 Å². The van der Waals surface area contributed by atoms with E-state index in [1.54, 1.807) is 0 Å². The molecule has 2 aromatic rings. The minimum absolute atomic E-state index is 0.609. The molecule has 2 aromatic heterocycles. The van der Waals surface area contributed by atoms with Crippen LogP contribution in [0.3, 0.4) is 0 Å². The van der Waals surface area contributed by atoms with Crippen molar-refractivity contribution < 1.29 is 4.52 Å². The number of hydrogen-bond donors (Lipinski definition) is 1. The molecule has 0 spiro atoms. The van der Waals surface area contributed by atoms with Gasteiger partial charge in [0.15, 0.2) is 0 Å². The standard InChI is InChI=1S/C15H20N4O/c1-10-6-13(7-11(2)17-10)15-18-14(20-19-15)8-12-4-3-5-16-9-12/h6-7,12,16H,3-5,8-9H2,1-2H3. The quantitative estimate of drug-likeness (QED) is 0.928. The van der Waals surface area contributed by atoms with E-state index in [-0.39, 0.29) is 0 Å². The molecule has 20 heavy (non-hydrogen) atoms. The molecular formula is C15H20N4O. The summed E-state index contributed by atoms with van der Waals surface area (Å²) in [5.41, 5.74) is 2.93. The molecule has 1 fully saturated rings. The van der Waals surface area contributed by atoms with Crippen LogP contribution in [0, 0.1) is 19.8 Å². The predicted octanol–water partition coefficient (Wildman–Crippen LogP) is 2.29. The van der Waals surface area contributed by atoms with Crippen molar-refractivity contribution in [2.45, 2.75) is 33.1 Å². The van der Waals surface area contributed by atoms with Crippen molar-refractivity contribution in [3.63, 3.8) is 0 Å². The van der Waals surface area contributed by atoms with Crippen LogP contribution in [0.2, 0.25) is 0 Å². The fourth-order valence-electron chi connectivity index (χ4n) is 2.76. The lowest BCUT2D eigenvalue weighted by molar-refractivity contribution is 0.316. The smallest absolute Gasteiger partial charge is 0.227 e. The molecule has 1 aliphatic heterocycles. The molecule has 5 nitrogen and oxygen atoms in total. The van der Waals surface area contributed by atoms with Crippen LogP contribution in [0.25, 0.3) is 11.4 Å². The van der Waals surface area contributed by atoms with Crippen molar-refractivity contribution in [3.05, 3.63) is 29.4 Å². The van der Waals surface area contributed by atoms with Gasteiger partial charge in [-0.1, -0.05) is 5.16 Å². The Morgan fingerprint density at radius 3 is 2.75 bits per heavy atom. The molecule has 0 aliphatic carbocycles.